The molecule has 0 radical (unpaired) electrons. The lowest BCUT2D eigenvalue weighted by Crippen LogP contribution is -2.56. The maximum absolute atomic E-state index is 6.81. The molecule has 0 bridgehead atoms. The molecule has 0 amide bonds. The minimum Gasteiger partial charge on any atom is -0.437 e. The van der Waals surface area contributed by atoms with E-state index in [2.05, 4.69) is 85.1 Å². The largest absolute Gasteiger partial charge is 0.437 e. The van der Waals surface area contributed by atoms with E-state index in [9.17, 15) is 0 Å². The summed E-state index contributed by atoms with van der Waals surface area (Å²) >= 11 is 0. The first-order chi connectivity index (χ1) is 15.2. The quantitative estimate of drug-likeness (QED) is 0.193. The number of unbranched alkanes of at least 4 members (excludes halogenated alkanes) is 3. The van der Waals surface area contributed by atoms with Crippen LogP contribution in [0.5, 0.6) is 0 Å². The van der Waals surface area contributed by atoms with E-state index in [0.717, 1.165) is 24.9 Å². The van der Waals surface area contributed by atoms with Crippen molar-refractivity contribution < 1.29 is 28.8 Å². The van der Waals surface area contributed by atoms with Crippen LogP contribution in [-0.2, 0) is 28.8 Å². The Balaban J connectivity index is 2.59. The molecule has 15 heteroatoms. The molecule has 3 unspecified atom stereocenters. The standard InChI is InChI=1S/C19H54O7Si8/c1-27-20-28(2)22-33(12,23-29(3)21-27)18-16-14-15-17-19-34(13,25-31(7,8)9)26-32(10,11)24-30(4,5)6/h27-29H,14-19H2,1-13H3. The van der Waals surface area contributed by atoms with Gasteiger partial charge >= 0.3 is 25.7 Å². The highest BCUT2D eigenvalue weighted by molar-refractivity contribution is 6.89. The lowest BCUT2D eigenvalue weighted by molar-refractivity contribution is 0.273. The first kappa shape index (κ1) is 33.5. The van der Waals surface area contributed by atoms with Gasteiger partial charge in [-0.1, -0.05) is 25.7 Å². The van der Waals surface area contributed by atoms with Gasteiger partial charge in [0.05, 0.1) is 0 Å². The first-order valence-electron chi connectivity index (χ1n) is 13.0. The Bertz CT molecular complexity index is 602. The van der Waals surface area contributed by atoms with Gasteiger partial charge in [0.15, 0.2) is 16.6 Å². The van der Waals surface area contributed by atoms with Crippen LogP contribution >= 0.6 is 0 Å². The Morgan fingerprint density at radius 1 is 0.618 bits per heavy atom. The molecule has 1 fully saturated rings. The molecule has 1 saturated heterocycles. The van der Waals surface area contributed by atoms with Gasteiger partial charge in [-0.3, -0.25) is 0 Å². The van der Waals surface area contributed by atoms with Crippen LogP contribution in [0.2, 0.25) is 97.2 Å². The SMILES string of the molecule is C[SiH]1O[SiH](C)O[Si](C)(CCCCCC[Si](C)(O[Si](C)(C)C)O[Si](C)(C)O[Si](C)(C)C)O[SiH](C)O1. The van der Waals surface area contributed by atoms with E-state index in [-0.39, 0.29) is 0 Å². The van der Waals surface area contributed by atoms with Gasteiger partial charge in [-0.2, -0.15) is 0 Å². The highest BCUT2D eigenvalue weighted by Crippen LogP contribution is 2.29. The van der Waals surface area contributed by atoms with Crippen LogP contribution in [0.3, 0.4) is 0 Å². The summed E-state index contributed by atoms with van der Waals surface area (Å²) in [5, 5.41) is 0. The molecule has 0 spiro atoms. The summed E-state index contributed by atoms with van der Waals surface area (Å²) < 4.78 is 45.0. The summed E-state index contributed by atoms with van der Waals surface area (Å²) in [7, 11) is -15.0. The van der Waals surface area contributed by atoms with Crippen LogP contribution in [0.4, 0.5) is 0 Å². The Kier molecular flexibility index (Phi) is 13.3. The van der Waals surface area contributed by atoms with Crippen molar-refractivity contribution >= 4 is 70.2 Å². The molecule has 204 valence electrons. The molecular formula is C19H54O7Si8. The number of hydrogen-bond donors (Lipinski definition) is 0. The highest BCUT2D eigenvalue weighted by atomic mass is 28.5. The Morgan fingerprint density at radius 2 is 1.09 bits per heavy atom. The lowest BCUT2D eigenvalue weighted by Gasteiger charge is -2.41. The molecule has 1 aliphatic rings. The molecular weight excluding hydrogens is 565 g/mol. The van der Waals surface area contributed by atoms with E-state index in [0.29, 0.717) is 0 Å². The van der Waals surface area contributed by atoms with Crippen LogP contribution in [0.1, 0.15) is 25.7 Å². The second-order valence-corrected chi connectivity index (χ2v) is 39.0. The van der Waals surface area contributed by atoms with Crippen LogP contribution in [-0.4, -0.2) is 70.2 Å². The predicted molar refractivity (Wildman–Crippen MR) is 162 cm³/mol. The minimum atomic E-state index is -2.30. The van der Waals surface area contributed by atoms with E-state index in [1.54, 1.807) is 0 Å². The van der Waals surface area contributed by atoms with E-state index >= 15 is 0 Å². The molecule has 7 nitrogen and oxygen atoms in total. The zero-order chi connectivity index (χ0) is 26.4. The van der Waals surface area contributed by atoms with Crippen molar-refractivity contribution in [1.82, 2.24) is 0 Å². The van der Waals surface area contributed by atoms with Gasteiger partial charge in [-0.15, -0.1) is 0 Å². The van der Waals surface area contributed by atoms with Crippen LogP contribution in [0.15, 0.2) is 0 Å². The van der Waals surface area contributed by atoms with Gasteiger partial charge in [0.1, 0.15) is 0 Å². The molecule has 34 heavy (non-hydrogen) atoms. The van der Waals surface area contributed by atoms with Crippen molar-refractivity contribution in [3.05, 3.63) is 0 Å². The third-order valence-corrected chi connectivity index (χ3v) is 32.7. The Labute approximate surface area is 221 Å². The molecule has 1 rings (SSSR count). The van der Waals surface area contributed by atoms with Crippen LogP contribution in [0.25, 0.3) is 0 Å². The average molecular weight is 619 g/mol. The summed E-state index contributed by atoms with van der Waals surface area (Å²) in [6.07, 6.45) is 4.62. The smallest absolute Gasteiger partial charge is 0.316 e. The van der Waals surface area contributed by atoms with Gasteiger partial charge in [0.2, 0.25) is 0 Å². The molecule has 1 aliphatic heterocycles. The fraction of sp³-hybridized carbons (Fsp3) is 1.00. The van der Waals surface area contributed by atoms with Crippen molar-refractivity contribution in [2.24, 2.45) is 0 Å². The Morgan fingerprint density at radius 3 is 1.56 bits per heavy atom. The second kappa shape index (κ2) is 13.5. The van der Waals surface area contributed by atoms with Crippen LogP contribution < -0.4 is 0 Å². The maximum atomic E-state index is 6.81. The van der Waals surface area contributed by atoms with Crippen molar-refractivity contribution in [1.29, 1.82) is 0 Å². The summed E-state index contributed by atoms with van der Waals surface area (Å²) in [6.45, 7) is 28.7. The monoisotopic (exact) mass is 618 g/mol. The van der Waals surface area contributed by atoms with Crippen molar-refractivity contribution in [2.75, 3.05) is 0 Å². The Hall–Kier alpha value is 1.46. The highest BCUT2D eigenvalue weighted by Gasteiger charge is 2.44. The van der Waals surface area contributed by atoms with Crippen LogP contribution in [0, 0.1) is 0 Å². The van der Waals surface area contributed by atoms with Gasteiger partial charge in [0, 0.05) is 0 Å². The first-order valence-corrected chi connectivity index (χ1v) is 34.0. The zero-order valence-electron chi connectivity index (χ0n) is 24.3. The molecule has 0 saturated carbocycles. The van der Waals surface area contributed by atoms with E-state index in [4.69, 9.17) is 28.8 Å². The van der Waals surface area contributed by atoms with E-state index < -0.39 is 70.2 Å². The van der Waals surface area contributed by atoms with Crippen molar-refractivity contribution in [2.45, 2.75) is 123 Å². The summed E-state index contributed by atoms with van der Waals surface area (Å²) in [5.41, 5.74) is 0. The molecule has 3 atom stereocenters. The third-order valence-electron chi connectivity index (χ3n) is 5.14. The van der Waals surface area contributed by atoms with Gasteiger partial charge in [0.25, 0.3) is 27.9 Å². The third kappa shape index (κ3) is 15.0. The topological polar surface area (TPSA) is 64.6 Å². The molecule has 0 N–H and O–H groups in total. The zero-order valence-corrected chi connectivity index (χ0v) is 32.8. The molecule has 0 aliphatic carbocycles. The summed E-state index contributed by atoms with van der Waals surface area (Å²) in [4.78, 5) is 0. The van der Waals surface area contributed by atoms with E-state index in [1.807, 2.05) is 0 Å². The second-order valence-electron chi connectivity index (χ2n) is 12.3. The normalized spacial score (nSPS) is 29.4. The molecule has 1 heterocycles. The maximum Gasteiger partial charge on any atom is 0.316 e. The van der Waals surface area contributed by atoms with Gasteiger partial charge < -0.3 is 28.8 Å². The summed E-state index contributed by atoms with van der Waals surface area (Å²) in [5.74, 6) is 0. The average Bonchev–Trinajstić information content (AvgIpc) is 2.51. The fourth-order valence-electron chi connectivity index (χ4n) is 4.77. The van der Waals surface area contributed by atoms with Gasteiger partial charge in [-0.05, 0) is 97.2 Å². The number of rotatable bonds is 13. The van der Waals surface area contributed by atoms with Gasteiger partial charge in [-0.25, -0.2) is 0 Å². The predicted octanol–water partition coefficient (Wildman–Crippen LogP) is 5.74. The molecule has 0 aromatic heterocycles. The molecule has 0 aromatic carbocycles. The fourth-order valence-corrected chi connectivity index (χ4v) is 37.6. The van der Waals surface area contributed by atoms with Crippen molar-refractivity contribution in [3.8, 4) is 0 Å². The number of hydrogen-bond acceptors (Lipinski definition) is 7. The lowest BCUT2D eigenvalue weighted by atomic mass is 10.2. The summed E-state index contributed by atoms with van der Waals surface area (Å²) in [6, 6.07) is 2.05. The van der Waals surface area contributed by atoms with Crippen molar-refractivity contribution in [3.63, 3.8) is 0 Å². The molecule has 0 aromatic rings. The minimum absolute atomic E-state index is 1.02. The van der Waals surface area contributed by atoms with E-state index in [1.165, 1.54) is 12.8 Å².